The van der Waals surface area contributed by atoms with E-state index >= 15 is 0 Å². The molecule has 2 aliphatic heterocycles. The summed E-state index contributed by atoms with van der Waals surface area (Å²) in [6.45, 7) is 7.56. The minimum Gasteiger partial charge on any atom is -0.462 e. The lowest BCUT2D eigenvalue weighted by molar-refractivity contribution is -0.252. The van der Waals surface area contributed by atoms with Crippen molar-refractivity contribution in [3.05, 3.63) is 46.8 Å². The van der Waals surface area contributed by atoms with Gasteiger partial charge < -0.3 is 48.9 Å². The third kappa shape index (κ3) is 9.32. The van der Waals surface area contributed by atoms with Gasteiger partial charge in [0.15, 0.2) is 0 Å². The number of morpholine rings is 2. The average molecular weight is 590 g/mol. The first kappa shape index (κ1) is 32.6. The molecule has 0 aromatic carbocycles. The summed E-state index contributed by atoms with van der Waals surface area (Å²) in [4.78, 5) is 42.5. The van der Waals surface area contributed by atoms with Crippen molar-refractivity contribution in [1.82, 2.24) is 19.9 Å². The molecule has 3 aromatic rings. The number of nitrogen functional groups attached to an aromatic ring is 1. The van der Waals surface area contributed by atoms with Crippen LogP contribution in [-0.4, -0.2) is 113 Å². The first-order chi connectivity index (χ1) is 20.4. The molecular formula is C27H39N7O8. The summed E-state index contributed by atoms with van der Waals surface area (Å²) >= 11 is 0. The Morgan fingerprint density at radius 2 is 1.48 bits per heavy atom. The van der Waals surface area contributed by atoms with Crippen molar-refractivity contribution in [2.24, 2.45) is 0 Å². The van der Waals surface area contributed by atoms with Crippen LogP contribution in [0, 0.1) is 0 Å². The molecule has 230 valence electrons. The number of methoxy groups -OCH3 is 3. The second kappa shape index (κ2) is 17.2. The van der Waals surface area contributed by atoms with Crippen LogP contribution < -0.4 is 21.1 Å². The van der Waals surface area contributed by atoms with E-state index in [4.69, 9.17) is 19.9 Å². The van der Waals surface area contributed by atoms with E-state index in [1.807, 2.05) is 6.07 Å². The molecule has 0 atom stereocenters. The van der Waals surface area contributed by atoms with E-state index in [0.29, 0.717) is 55.2 Å². The van der Waals surface area contributed by atoms with Gasteiger partial charge in [0.2, 0.25) is 0 Å². The lowest BCUT2D eigenvalue weighted by Crippen LogP contribution is -2.36. The van der Waals surface area contributed by atoms with Crippen LogP contribution in [0.25, 0.3) is 10.9 Å². The number of nitrogens with zero attached hydrogens (tertiary/aromatic N) is 5. The van der Waals surface area contributed by atoms with Crippen LogP contribution >= 0.6 is 0 Å². The Bertz CT molecular complexity index is 1300. The lowest BCUT2D eigenvalue weighted by atomic mass is 10.2. The molecule has 0 saturated carbocycles. The molecule has 42 heavy (non-hydrogen) atoms. The van der Waals surface area contributed by atoms with Crippen LogP contribution in [0.15, 0.2) is 35.6 Å². The number of nitrogens with one attached hydrogen (secondary N) is 1. The van der Waals surface area contributed by atoms with Gasteiger partial charge in [0.1, 0.15) is 17.2 Å². The molecule has 3 aromatic heterocycles. The van der Waals surface area contributed by atoms with Gasteiger partial charge in [0, 0.05) is 72.0 Å². The number of aromatic nitrogens is 4. The number of fused-ring (bicyclic) bond motifs is 1. The van der Waals surface area contributed by atoms with Crippen molar-refractivity contribution in [1.29, 1.82) is 0 Å². The van der Waals surface area contributed by atoms with Crippen molar-refractivity contribution < 1.29 is 33.2 Å². The zero-order valence-electron chi connectivity index (χ0n) is 24.4. The minimum atomic E-state index is -0.514. The van der Waals surface area contributed by atoms with E-state index < -0.39 is 12.4 Å². The fraction of sp³-hybridized carbons (Fsp3) is 0.519. The Morgan fingerprint density at radius 1 is 0.929 bits per heavy atom. The Kier molecular flexibility index (Phi) is 13.3. The number of esters is 1. The van der Waals surface area contributed by atoms with Crippen molar-refractivity contribution in [2.75, 3.05) is 96.1 Å². The van der Waals surface area contributed by atoms with E-state index in [1.54, 1.807) is 19.2 Å². The number of pyridine rings is 2. The maximum atomic E-state index is 11.6. The van der Waals surface area contributed by atoms with E-state index in [2.05, 4.69) is 43.9 Å². The highest BCUT2D eigenvalue weighted by Gasteiger charge is 2.17. The number of rotatable bonds is 7. The van der Waals surface area contributed by atoms with Crippen LogP contribution in [-0.2, 0) is 28.4 Å². The summed E-state index contributed by atoms with van der Waals surface area (Å²) in [5.41, 5.74) is 7.08. The van der Waals surface area contributed by atoms with Crippen LogP contribution in [0.2, 0.25) is 0 Å². The van der Waals surface area contributed by atoms with Gasteiger partial charge in [-0.1, -0.05) is 0 Å². The molecule has 0 spiro atoms. The second-order valence-electron chi connectivity index (χ2n) is 8.84. The standard InChI is InChI=1S/C12H17N3O3.C11H12N4O2.C4H10O3/c1-2-18-12(16)9-8-14-11(7-10(9)13)15-3-5-17-6-4-15;16-11-8-6-12-10(5-9(8)13-7-14-11)15-1-3-17-4-2-15;1-5-4(6-2)7-3/h7-8H,2-6H2,1H3,(H2,13,14);5-7H,1-4H2,(H,13,14,16);4H,1-3H3. The fourth-order valence-electron chi connectivity index (χ4n) is 4.01. The predicted octanol–water partition coefficient (Wildman–Crippen LogP) is 1.04. The molecule has 15 heteroatoms. The van der Waals surface area contributed by atoms with Gasteiger partial charge in [-0.25, -0.2) is 19.7 Å². The number of ether oxygens (including phenoxy) is 6. The molecule has 0 amide bonds. The summed E-state index contributed by atoms with van der Waals surface area (Å²) < 4.78 is 29.3. The van der Waals surface area contributed by atoms with Crippen molar-refractivity contribution in [3.63, 3.8) is 0 Å². The summed E-state index contributed by atoms with van der Waals surface area (Å²) in [5.74, 6) is 1.18. The number of nitrogens with two attached hydrogens (primary N) is 1. The van der Waals surface area contributed by atoms with Gasteiger partial charge in [0.25, 0.3) is 12.0 Å². The second-order valence-corrected chi connectivity index (χ2v) is 8.84. The third-order valence-corrected chi connectivity index (χ3v) is 6.18. The predicted molar refractivity (Wildman–Crippen MR) is 156 cm³/mol. The smallest absolute Gasteiger partial charge is 0.341 e. The van der Waals surface area contributed by atoms with Gasteiger partial charge in [-0.2, -0.15) is 0 Å². The highest BCUT2D eigenvalue weighted by atomic mass is 16.8. The highest BCUT2D eigenvalue weighted by molar-refractivity contribution is 5.95. The summed E-state index contributed by atoms with van der Waals surface area (Å²) in [7, 11) is 4.53. The Labute approximate surface area is 243 Å². The van der Waals surface area contributed by atoms with Crippen molar-refractivity contribution in [2.45, 2.75) is 13.4 Å². The zero-order valence-corrected chi connectivity index (χ0v) is 24.4. The molecule has 15 nitrogen and oxygen atoms in total. The number of aromatic amines is 1. The van der Waals surface area contributed by atoms with E-state index in [1.165, 1.54) is 33.9 Å². The number of carbonyl (C=O) groups is 1. The summed E-state index contributed by atoms with van der Waals surface area (Å²) in [5, 5.41) is 0.518. The van der Waals surface area contributed by atoms with Gasteiger partial charge >= 0.3 is 5.97 Å². The third-order valence-electron chi connectivity index (χ3n) is 6.18. The number of anilines is 3. The molecule has 0 radical (unpaired) electrons. The molecule has 0 bridgehead atoms. The number of H-pyrrole nitrogens is 1. The maximum Gasteiger partial charge on any atom is 0.341 e. The monoisotopic (exact) mass is 589 g/mol. The van der Waals surface area contributed by atoms with Crippen LogP contribution in [0.5, 0.6) is 0 Å². The first-order valence-corrected chi connectivity index (χ1v) is 13.4. The molecule has 0 aliphatic carbocycles. The number of hydrogen-bond donors (Lipinski definition) is 2. The average Bonchev–Trinajstić information content (AvgIpc) is 3.03. The molecule has 5 rings (SSSR count). The quantitative estimate of drug-likeness (QED) is 0.295. The molecule has 2 fully saturated rings. The maximum absolute atomic E-state index is 11.6. The van der Waals surface area contributed by atoms with Gasteiger partial charge in [-0.05, 0) is 6.92 Å². The Balaban J connectivity index is 0.000000190. The van der Waals surface area contributed by atoms with Gasteiger partial charge in [0.05, 0.1) is 56.0 Å². The van der Waals surface area contributed by atoms with Crippen LogP contribution in [0.4, 0.5) is 17.3 Å². The molecule has 3 N–H and O–H groups in total. The fourth-order valence-corrected chi connectivity index (χ4v) is 4.01. The van der Waals surface area contributed by atoms with Crippen molar-refractivity contribution >= 4 is 34.2 Å². The molecule has 2 saturated heterocycles. The first-order valence-electron chi connectivity index (χ1n) is 13.4. The van der Waals surface area contributed by atoms with Crippen LogP contribution in [0.3, 0.4) is 0 Å². The van der Waals surface area contributed by atoms with Crippen molar-refractivity contribution in [3.8, 4) is 0 Å². The minimum absolute atomic E-state index is 0.156. The Hall–Kier alpha value is -3.89. The zero-order chi connectivity index (χ0) is 30.3. The summed E-state index contributed by atoms with van der Waals surface area (Å²) in [6.07, 6.45) is 4.46. The lowest BCUT2D eigenvalue weighted by Gasteiger charge is -2.28. The largest absolute Gasteiger partial charge is 0.462 e. The molecule has 0 unspecified atom stereocenters. The normalized spacial score (nSPS) is 15.0. The molecule has 5 heterocycles. The topological polar surface area (TPSA) is 176 Å². The SMILES string of the molecule is CCOC(=O)c1cnc(N2CCOCC2)cc1N.COC(OC)OC.O=c1[nH]cnc2cc(N3CCOCC3)ncc12. The van der Waals surface area contributed by atoms with Gasteiger partial charge in [-0.3, -0.25) is 4.79 Å². The Morgan fingerprint density at radius 3 is 1.98 bits per heavy atom. The number of carbonyl (C=O) groups excluding carboxylic acids is 1. The highest BCUT2D eigenvalue weighted by Crippen LogP contribution is 2.20. The van der Waals surface area contributed by atoms with Gasteiger partial charge in [-0.15, -0.1) is 0 Å². The van der Waals surface area contributed by atoms with E-state index in [-0.39, 0.29) is 5.56 Å². The van der Waals surface area contributed by atoms with E-state index in [9.17, 15) is 9.59 Å². The number of hydrogen-bond acceptors (Lipinski definition) is 14. The van der Waals surface area contributed by atoms with Crippen LogP contribution in [0.1, 0.15) is 17.3 Å². The molecule has 2 aliphatic rings. The molecular weight excluding hydrogens is 550 g/mol. The van der Waals surface area contributed by atoms with E-state index in [0.717, 1.165) is 37.8 Å². The summed E-state index contributed by atoms with van der Waals surface area (Å²) in [6, 6.07) is 3.55.